The minimum Gasteiger partial charge on any atom is -0.386 e. The number of rotatable bonds is 11. The van der Waals surface area contributed by atoms with Crippen LogP contribution in [0.2, 0.25) is 0 Å². The molecule has 0 amide bonds. The van der Waals surface area contributed by atoms with E-state index in [1.54, 1.807) is 0 Å². The molecule has 0 aliphatic rings. The molecule has 0 bridgehead atoms. The van der Waals surface area contributed by atoms with E-state index in [0.717, 1.165) is 25.7 Å². The molecule has 0 aromatic carbocycles. The number of hydrogen-bond acceptors (Lipinski definition) is 4. The molecule has 0 unspecified atom stereocenters. The first-order valence-electron chi connectivity index (χ1n) is 6.55. The topological polar surface area (TPSA) is 105 Å². The Hall–Kier alpha value is -0.810. The number of amidine groups is 1. The highest BCUT2D eigenvalue weighted by atomic mass is 16.5. The maximum atomic E-state index is 8.64. The van der Waals surface area contributed by atoms with Crippen LogP contribution in [0.15, 0.2) is 5.10 Å². The van der Waals surface area contributed by atoms with Gasteiger partial charge in [0.05, 0.1) is 0 Å². The average Bonchev–Trinajstić information content (AvgIpc) is 2.30. The second-order valence-electron chi connectivity index (χ2n) is 4.47. The second kappa shape index (κ2) is 11.7. The zero-order valence-electron chi connectivity index (χ0n) is 10.6. The minimum atomic E-state index is -1.13. The van der Waals surface area contributed by atoms with Gasteiger partial charge in [-0.2, -0.15) is 5.10 Å². The predicted octanol–water partition coefficient (Wildman–Crippen LogP) is 1.43. The van der Waals surface area contributed by atoms with Crippen LogP contribution in [0.1, 0.15) is 64.2 Å². The van der Waals surface area contributed by atoms with Gasteiger partial charge < -0.3 is 21.8 Å². The first kappa shape index (κ1) is 16.2. The van der Waals surface area contributed by atoms with E-state index in [1.165, 1.54) is 32.1 Å². The Labute approximate surface area is 104 Å². The summed E-state index contributed by atoms with van der Waals surface area (Å²) in [6, 6.07) is 0. The van der Waals surface area contributed by atoms with Gasteiger partial charge in [0.25, 0.3) is 0 Å². The van der Waals surface area contributed by atoms with E-state index in [0.29, 0.717) is 12.3 Å². The fourth-order valence-electron chi connectivity index (χ4n) is 1.76. The Morgan fingerprint density at radius 3 is 1.82 bits per heavy atom. The van der Waals surface area contributed by atoms with Crippen molar-refractivity contribution in [2.75, 3.05) is 0 Å². The van der Waals surface area contributed by atoms with Gasteiger partial charge in [0, 0.05) is 6.42 Å². The summed E-state index contributed by atoms with van der Waals surface area (Å²) in [6.07, 6.45) is 9.25. The van der Waals surface area contributed by atoms with Gasteiger partial charge in [0.2, 0.25) is 0 Å². The van der Waals surface area contributed by atoms with E-state index in [-0.39, 0.29) is 0 Å². The molecule has 5 heteroatoms. The molecule has 0 saturated carbocycles. The first-order valence-corrected chi connectivity index (χ1v) is 6.55. The van der Waals surface area contributed by atoms with Crippen LogP contribution >= 0.6 is 0 Å². The number of nitrogens with two attached hydrogens (primary N) is 2. The fourth-order valence-corrected chi connectivity index (χ4v) is 1.76. The van der Waals surface area contributed by atoms with Crippen molar-refractivity contribution in [1.29, 1.82) is 0 Å². The number of unbranched alkanes of at least 4 members (excludes halogenated alkanes) is 7. The van der Waals surface area contributed by atoms with E-state index >= 15 is 0 Å². The maximum absolute atomic E-state index is 8.64. The molecule has 0 rings (SSSR count). The molecule has 102 valence electrons. The predicted molar refractivity (Wildman–Crippen MR) is 70.2 cm³/mol. The van der Waals surface area contributed by atoms with Crippen LogP contribution in [0.5, 0.6) is 0 Å². The van der Waals surface area contributed by atoms with Crippen LogP contribution in [-0.4, -0.2) is 22.3 Å². The highest BCUT2D eigenvalue weighted by Gasteiger charge is 1.97. The van der Waals surface area contributed by atoms with Gasteiger partial charge in [-0.25, -0.2) is 0 Å². The third kappa shape index (κ3) is 13.1. The molecule has 0 fully saturated rings. The number of hydrogen-bond donors (Lipinski definition) is 4. The van der Waals surface area contributed by atoms with Crippen LogP contribution in [0, 0.1) is 0 Å². The third-order valence-electron chi connectivity index (χ3n) is 2.81. The van der Waals surface area contributed by atoms with Gasteiger partial charge in [-0.3, -0.25) is 0 Å². The summed E-state index contributed by atoms with van der Waals surface area (Å²) in [5, 5.41) is 20.7. The molecular weight excluding hydrogens is 218 g/mol. The molecule has 17 heavy (non-hydrogen) atoms. The Kier molecular flexibility index (Phi) is 11.1. The molecule has 0 spiro atoms. The summed E-state index contributed by atoms with van der Waals surface area (Å²) < 4.78 is 0. The maximum Gasteiger partial charge on any atom is 0.151 e. The number of hydrazone groups is 1. The quantitative estimate of drug-likeness (QED) is 0.110. The molecule has 0 heterocycles. The molecule has 0 aliphatic carbocycles. The smallest absolute Gasteiger partial charge is 0.151 e. The van der Waals surface area contributed by atoms with Crippen LogP contribution in [0.4, 0.5) is 0 Å². The minimum absolute atomic E-state index is 0.498. The molecule has 0 aromatic rings. The van der Waals surface area contributed by atoms with Crippen molar-refractivity contribution >= 4 is 5.84 Å². The molecular formula is C12H27N3O2. The second-order valence-corrected chi connectivity index (χ2v) is 4.47. The lowest BCUT2D eigenvalue weighted by molar-refractivity contribution is -0.0466. The normalized spacial score (nSPS) is 12.3. The zero-order chi connectivity index (χ0) is 12.9. The van der Waals surface area contributed by atoms with Gasteiger partial charge in [0.1, 0.15) is 5.84 Å². The van der Waals surface area contributed by atoms with Crippen molar-refractivity contribution in [1.82, 2.24) is 0 Å². The van der Waals surface area contributed by atoms with Crippen molar-refractivity contribution in [3.05, 3.63) is 0 Å². The Bertz CT molecular complexity index is 196. The van der Waals surface area contributed by atoms with E-state index in [2.05, 4.69) is 5.10 Å². The molecule has 6 N–H and O–H groups in total. The van der Waals surface area contributed by atoms with Crippen LogP contribution < -0.4 is 11.6 Å². The number of nitrogens with zero attached hydrogens (tertiary/aromatic N) is 1. The van der Waals surface area contributed by atoms with Gasteiger partial charge in [-0.1, -0.05) is 38.5 Å². The summed E-state index contributed by atoms with van der Waals surface area (Å²) in [5.41, 5.74) is 5.48. The van der Waals surface area contributed by atoms with Crippen LogP contribution in [-0.2, 0) is 0 Å². The molecule has 0 aliphatic heterocycles. The van der Waals surface area contributed by atoms with Crippen molar-refractivity contribution in [3.8, 4) is 0 Å². The monoisotopic (exact) mass is 245 g/mol. The molecule has 5 nitrogen and oxygen atoms in total. The summed E-state index contributed by atoms with van der Waals surface area (Å²) >= 11 is 0. The number of aliphatic hydroxyl groups is 2. The largest absolute Gasteiger partial charge is 0.386 e. The van der Waals surface area contributed by atoms with Crippen molar-refractivity contribution < 1.29 is 10.2 Å². The van der Waals surface area contributed by atoms with Gasteiger partial charge in [-0.15, -0.1) is 0 Å². The summed E-state index contributed by atoms with van der Waals surface area (Å²) in [6.45, 7) is 0. The lowest BCUT2D eigenvalue weighted by Gasteiger charge is -2.03. The van der Waals surface area contributed by atoms with E-state index in [1.807, 2.05) is 0 Å². The van der Waals surface area contributed by atoms with Crippen LogP contribution in [0.3, 0.4) is 0 Å². The lowest BCUT2D eigenvalue weighted by Crippen LogP contribution is -2.13. The zero-order valence-corrected chi connectivity index (χ0v) is 10.6. The van der Waals surface area contributed by atoms with Crippen molar-refractivity contribution in [2.45, 2.75) is 70.5 Å². The Morgan fingerprint density at radius 2 is 1.35 bits per heavy atom. The number of aliphatic hydroxyl groups excluding tert-OH is 1. The van der Waals surface area contributed by atoms with Crippen molar-refractivity contribution in [2.24, 2.45) is 16.7 Å². The van der Waals surface area contributed by atoms with Gasteiger partial charge in [0.15, 0.2) is 6.29 Å². The molecule has 0 radical (unpaired) electrons. The van der Waals surface area contributed by atoms with Gasteiger partial charge in [-0.05, 0) is 19.3 Å². The Balaban J connectivity index is 3.04. The summed E-state index contributed by atoms with van der Waals surface area (Å²) in [4.78, 5) is 0. The highest BCUT2D eigenvalue weighted by molar-refractivity contribution is 5.79. The van der Waals surface area contributed by atoms with E-state index in [4.69, 9.17) is 21.8 Å². The van der Waals surface area contributed by atoms with Gasteiger partial charge >= 0.3 is 0 Å². The van der Waals surface area contributed by atoms with E-state index in [9.17, 15) is 0 Å². The van der Waals surface area contributed by atoms with Crippen molar-refractivity contribution in [3.63, 3.8) is 0 Å². The average molecular weight is 245 g/mol. The SMILES string of the molecule is NN=C(N)CCCCCCCCCCC(O)O. The fraction of sp³-hybridized carbons (Fsp3) is 0.917. The van der Waals surface area contributed by atoms with Crippen LogP contribution in [0.25, 0.3) is 0 Å². The lowest BCUT2D eigenvalue weighted by atomic mass is 10.1. The third-order valence-corrected chi connectivity index (χ3v) is 2.81. The summed E-state index contributed by atoms with van der Waals surface area (Å²) in [5.74, 6) is 5.56. The Morgan fingerprint density at radius 1 is 0.882 bits per heavy atom. The highest BCUT2D eigenvalue weighted by Crippen LogP contribution is 2.10. The molecule has 0 aromatic heterocycles. The van der Waals surface area contributed by atoms with E-state index < -0.39 is 6.29 Å². The standard InChI is InChI=1S/C12H27N3O2/c13-11(15-14)9-7-5-3-1-2-4-6-8-10-12(16)17/h12,16-17H,1-10,14H2,(H2,13,15). The molecule has 0 saturated heterocycles. The molecule has 0 atom stereocenters. The first-order chi connectivity index (χ1) is 8.16. The summed E-state index contributed by atoms with van der Waals surface area (Å²) in [7, 11) is 0.